The summed E-state index contributed by atoms with van der Waals surface area (Å²) >= 11 is 0. The molecule has 0 spiro atoms. The molecule has 1 aromatic carbocycles. The van der Waals surface area contributed by atoms with Crippen molar-refractivity contribution in [2.75, 3.05) is 26.5 Å². The first-order valence-electron chi connectivity index (χ1n) is 6.70. The number of benzene rings is 1. The van der Waals surface area contributed by atoms with Gasteiger partial charge >= 0.3 is 6.01 Å². The predicted octanol–water partition coefficient (Wildman–Crippen LogP) is 3.01. The summed E-state index contributed by atoms with van der Waals surface area (Å²) in [6, 6.07) is 10.3. The molecule has 1 aromatic heterocycles. The van der Waals surface area contributed by atoms with Gasteiger partial charge in [-0.2, -0.15) is 0 Å². The lowest BCUT2D eigenvalue weighted by molar-refractivity contribution is 0.0868. The van der Waals surface area contributed by atoms with E-state index in [2.05, 4.69) is 9.97 Å². The monoisotopic (exact) mass is 288 g/mol. The summed E-state index contributed by atoms with van der Waals surface area (Å²) in [6.45, 7) is 0.231. The van der Waals surface area contributed by atoms with Gasteiger partial charge in [-0.25, -0.2) is 14.4 Å². The molecule has 110 valence electrons. The third kappa shape index (κ3) is 5.71. The fourth-order valence-corrected chi connectivity index (χ4v) is 1.59. The molecule has 0 N–H and O–H groups in total. The van der Waals surface area contributed by atoms with E-state index in [1.165, 1.54) is 0 Å². The number of alkyl halides is 1. The molecule has 2 rings (SSSR count). The molecule has 0 bridgehead atoms. The molecule has 0 atom stereocenters. The zero-order chi connectivity index (χ0) is 14.8. The van der Waals surface area contributed by atoms with Gasteiger partial charge in [0.05, 0.1) is 13.2 Å². The Balaban J connectivity index is 1.80. The Morgan fingerprint density at radius 2 is 1.62 bits per heavy atom. The minimum atomic E-state index is -0.487. The van der Waals surface area contributed by atoms with Crippen LogP contribution in [0.1, 0.15) is 11.1 Å². The van der Waals surface area contributed by atoms with Crippen LogP contribution in [0.2, 0.25) is 0 Å². The van der Waals surface area contributed by atoms with Crippen LogP contribution in [0.25, 0.3) is 12.2 Å². The van der Waals surface area contributed by atoms with E-state index in [-0.39, 0.29) is 12.6 Å². The number of halogens is 1. The highest BCUT2D eigenvalue weighted by molar-refractivity contribution is 5.68. The maximum atomic E-state index is 11.8. The minimum Gasteiger partial charge on any atom is -0.461 e. The lowest BCUT2D eigenvalue weighted by Gasteiger charge is -2.04. The Bertz CT molecular complexity index is 544. The average molecular weight is 288 g/mol. The zero-order valence-corrected chi connectivity index (χ0v) is 11.6. The van der Waals surface area contributed by atoms with Gasteiger partial charge in [0.15, 0.2) is 0 Å². The van der Waals surface area contributed by atoms with Gasteiger partial charge in [0.25, 0.3) is 0 Å². The van der Waals surface area contributed by atoms with E-state index >= 15 is 0 Å². The third-order valence-corrected chi connectivity index (χ3v) is 2.60. The zero-order valence-electron chi connectivity index (χ0n) is 11.6. The van der Waals surface area contributed by atoms with Crippen molar-refractivity contribution in [3.63, 3.8) is 0 Å². The highest BCUT2D eigenvalue weighted by Crippen LogP contribution is 2.08. The van der Waals surface area contributed by atoms with Crippen molar-refractivity contribution < 1.29 is 13.9 Å². The second kappa shape index (κ2) is 8.81. The standard InChI is InChI=1S/C16H17FN2O2/c17-8-9-20-10-11-21-16-18-12-15(13-19-16)7-6-14-4-2-1-3-5-14/h1-7,12-13H,8-11H2/b7-6+. The van der Waals surface area contributed by atoms with Crippen LogP contribution in [0, 0.1) is 0 Å². The third-order valence-electron chi connectivity index (χ3n) is 2.60. The number of ether oxygens (including phenoxy) is 2. The molecule has 0 fully saturated rings. The molecule has 4 nitrogen and oxygen atoms in total. The summed E-state index contributed by atoms with van der Waals surface area (Å²) in [4.78, 5) is 8.19. The first kappa shape index (κ1) is 15.1. The van der Waals surface area contributed by atoms with Crippen LogP contribution in [0.5, 0.6) is 6.01 Å². The average Bonchev–Trinajstić information content (AvgIpc) is 2.55. The van der Waals surface area contributed by atoms with Gasteiger partial charge in [-0.1, -0.05) is 42.5 Å². The molecule has 1 heterocycles. The van der Waals surface area contributed by atoms with Gasteiger partial charge in [-0.3, -0.25) is 0 Å². The first-order valence-corrected chi connectivity index (χ1v) is 6.70. The number of aromatic nitrogens is 2. The van der Waals surface area contributed by atoms with Crippen LogP contribution in [-0.2, 0) is 4.74 Å². The van der Waals surface area contributed by atoms with Crippen molar-refractivity contribution in [2.45, 2.75) is 0 Å². The van der Waals surface area contributed by atoms with Crippen LogP contribution in [0.15, 0.2) is 42.7 Å². The van der Waals surface area contributed by atoms with Gasteiger partial charge in [0, 0.05) is 18.0 Å². The fraction of sp³-hybridized carbons (Fsp3) is 0.250. The molecule has 0 saturated heterocycles. The van der Waals surface area contributed by atoms with Crippen molar-refractivity contribution in [1.29, 1.82) is 0 Å². The minimum absolute atomic E-state index is 0.0907. The maximum absolute atomic E-state index is 11.8. The van der Waals surface area contributed by atoms with Crippen LogP contribution >= 0.6 is 0 Å². The molecular formula is C16H17FN2O2. The topological polar surface area (TPSA) is 44.2 Å². The lowest BCUT2D eigenvalue weighted by atomic mass is 10.2. The molecular weight excluding hydrogens is 271 g/mol. The molecule has 0 aliphatic rings. The largest absolute Gasteiger partial charge is 0.461 e. The summed E-state index contributed by atoms with van der Waals surface area (Å²) < 4.78 is 22.0. The smallest absolute Gasteiger partial charge is 0.316 e. The van der Waals surface area contributed by atoms with Gasteiger partial charge in [-0.05, 0) is 5.56 Å². The number of nitrogens with zero attached hydrogens (tertiary/aromatic N) is 2. The van der Waals surface area contributed by atoms with Gasteiger partial charge in [0.1, 0.15) is 13.3 Å². The Hall–Kier alpha value is -2.27. The Morgan fingerprint density at radius 1 is 0.905 bits per heavy atom. The predicted molar refractivity (Wildman–Crippen MR) is 79.7 cm³/mol. The Labute approximate surface area is 123 Å². The van der Waals surface area contributed by atoms with Crippen LogP contribution < -0.4 is 4.74 Å². The highest BCUT2D eigenvalue weighted by atomic mass is 19.1. The Morgan fingerprint density at radius 3 is 2.33 bits per heavy atom. The lowest BCUT2D eigenvalue weighted by Crippen LogP contribution is -2.09. The maximum Gasteiger partial charge on any atom is 0.316 e. The van der Waals surface area contributed by atoms with Gasteiger partial charge in [-0.15, -0.1) is 0 Å². The summed E-state index contributed by atoms with van der Waals surface area (Å²) in [5, 5.41) is 0. The van der Waals surface area contributed by atoms with Crippen molar-refractivity contribution in [3.05, 3.63) is 53.9 Å². The van der Waals surface area contributed by atoms with E-state index in [1.807, 2.05) is 42.5 Å². The van der Waals surface area contributed by atoms with Crippen LogP contribution in [0.3, 0.4) is 0 Å². The van der Waals surface area contributed by atoms with Crippen molar-refractivity contribution >= 4 is 12.2 Å². The first-order chi connectivity index (χ1) is 10.4. The molecule has 21 heavy (non-hydrogen) atoms. The van der Waals surface area contributed by atoms with Crippen molar-refractivity contribution in [2.24, 2.45) is 0 Å². The molecule has 0 aliphatic carbocycles. The number of hydrogen-bond acceptors (Lipinski definition) is 4. The molecule has 2 aromatic rings. The SMILES string of the molecule is FCCOCCOc1ncc(/C=C/c2ccccc2)cn1. The van der Waals surface area contributed by atoms with Crippen LogP contribution in [-0.4, -0.2) is 36.5 Å². The van der Waals surface area contributed by atoms with Crippen molar-refractivity contribution in [3.8, 4) is 6.01 Å². The summed E-state index contributed by atoms with van der Waals surface area (Å²) in [7, 11) is 0. The molecule has 0 saturated carbocycles. The fourth-order valence-electron chi connectivity index (χ4n) is 1.59. The van der Waals surface area contributed by atoms with E-state index in [4.69, 9.17) is 9.47 Å². The number of rotatable bonds is 8. The summed E-state index contributed by atoms with van der Waals surface area (Å²) in [5.41, 5.74) is 2.00. The van der Waals surface area contributed by atoms with Crippen LogP contribution in [0.4, 0.5) is 4.39 Å². The van der Waals surface area contributed by atoms with E-state index in [0.29, 0.717) is 13.2 Å². The van der Waals surface area contributed by atoms with Crippen molar-refractivity contribution in [1.82, 2.24) is 9.97 Å². The molecule has 0 radical (unpaired) electrons. The van der Waals surface area contributed by atoms with Gasteiger partial charge < -0.3 is 9.47 Å². The van der Waals surface area contributed by atoms with Gasteiger partial charge in [0.2, 0.25) is 0 Å². The second-order valence-electron chi connectivity index (χ2n) is 4.19. The summed E-state index contributed by atoms with van der Waals surface area (Å²) in [5.74, 6) is 0. The molecule has 0 amide bonds. The molecule has 0 aliphatic heterocycles. The van der Waals surface area contributed by atoms with E-state index < -0.39 is 6.67 Å². The van der Waals surface area contributed by atoms with E-state index in [0.717, 1.165) is 11.1 Å². The van der Waals surface area contributed by atoms with E-state index in [1.54, 1.807) is 12.4 Å². The Kier molecular flexibility index (Phi) is 6.35. The molecule has 0 unspecified atom stereocenters. The molecule has 5 heteroatoms. The quantitative estimate of drug-likeness (QED) is 0.700. The number of hydrogen-bond donors (Lipinski definition) is 0. The summed E-state index contributed by atoms with van der Waals surface area (Å²) in [6.07, 6.45) is 7.29. The normalized spacial score (nSPS) is 10.9. The highest BCUT2D eigenvalue weighted by Gasteiger charge is 1.97. The second-order valence-corrected chi connectivity index (χ2v) is 4.19. The van der Waals surface area contributed by atoms with E-state index in [9.17, 15) is 4.39 Å².